The third-order valence-electron chi connectivity index (χ3n) is 4.31. The molecule has 1 aliphatic rings. The van der Waals surface area contributed by atoms with E-state index in [4.69, 9.17) is 4.74 Å². The van der Waals surface area contributed by atoms with Gasteiger partial charge < -0.3 is 4.74 Å². The average Bonchev–Trinajstić information content (AvgIpc) is 2.98. The fourth-order valence-corrected chi connectivity index (χ4v) is 2.84. The van der Waals surface area contributed by atoms with Crippen molar-refractivity contribution in [3.8, 4) is 0 Å². The van der Waals surface area contributed by atoms with Gasteiger partial charge in [0.25, 0.3) is 0 Å². The van der Waals surface area contributed by atoms with Crippen LogP contribution >= 0.6 is 0 Å². The lowest BCUT2D eigenvalue weighted by Gasteiger charge is -2.18. The summed E-state index contributed by atoms with van der Waals surface area (Å²) >= 11 is 0. The number of hydrogen-bond acceptors (Lipinski definition) is 2. The Labute approximate surface area is 115 Å². The van der Waals surface area contributed by atoms with E-state index in [2.05, 4.69) is 45.0 Å². The molecule has 0 aromatic heterocycles. The van der Waals surface area contributed by atoms with Gasteiger partial charge in [0.1, 0.15) is 6.61 Å². The van der Waals surface area contributed by atoms with Crippen LogP contribution < -0.4 is 0 Å². The molecule has 0 unspecified atom stereocenters. The Morgan fingerprint density at radius 2 is 1.95 bits per heavy atom. The van der Waals surface area contributed by atoms with E-state index in [9.17, 15) is 4.79 Å². The topological polar surface area (TPSA) is 26.3 Å². The van der Waals surface area contributed by atoms with Crippen LogP contribution in [0.15, 0.2) is 41.5 Å². The van der Waals surface area contributed by atoms with Gasteiger partial charge >= 0.3 is 5.97 Å². The normalized spacial score (nSPS) is 23.2. The molecule has 1 aromatic rings. The Morgan fingerprint density at radius 1 is 1.32 bits per heavy atom. The van der Waals surface area contributed by atoms with Crippen LogP contribution in [0.5, 0.6) is 0 Å². The summed E-state index contributed by atoms with van der Waals surface area (Å²) in [6.07, 6.45) is 0.443. The Kier molecular flexibility index (Phi) is 3.79. The molecule has 0 bridgehead atoms. The molecule has 2 rings (SSSR count). The molecule has 0 saturated heterocycles. The Bertz CT molecular complexity index is 501. The first-order valence-corrected chi connectivity index (χ1v) is 6.93. The highest BCUT2D eigenvalue weighted by Gasteiger charge is 2.49. The van der Waals surface area contributed by atoms with Crippen LogP contribution in [0, 0.1) is 5.41 Å². The molecule has 0 aliphatic heterocycles. The number of esters is 1. The van der Waals surface area contributed by atoms with Gasteiger partial charge in [-0.1, -0.05) is 49.8 Å². The van der Waals surface area contributed by atoms with Crippen molar-refractivity contribution >= 4 is 5.97 Å². The second kappa shape index (κ2) is 5.20. The quantitative estimate of drug-likeness (QED) is 0.587. The number of carbonyl (C=O) groups excluding carboxylic acids is 1. The van der Waals surface area contributed by atoms with Gasteiger partial charge in [0.15, 0.2) is 0 Å². The molecule has 0 spiro atoms. The maximum atomic E-state index is 11.3. The van der Waals surface area contributed by atoms with Gasteiger partial charge in [-0.15, -0.1) is 0 Å². The summed E-state index contributed by atoms with van der Waals surface area (Å²) < 4.78 is 5.32. The Balaban J connectivity index is 2.04. The molecule has 0 N–H and O–H groups in total. The smallest absolute Gasteiger partial charge is 0.305 e. The minimum absolute atomic E-state index is 0.0277. The van der Waals surface area contributed by atoms with E-state index in [-0.39, 0.29) is 11.4 Å². The molecule has 2 atom stereocenters. The second-order valence-electron chi connectivity index (χ2n) is 5.52. The zero-order valence-electron chi connectivity index (χ0n) is 12.2. The third-order valence-corrected chi connectivity index (χ3v) is 4.31. The first kappa shape index (κ1) is 13.9. The van der Waals surface area contributed by atoms with Crippen molar-refractivity contribution in [2.75, 3.05) is 6.61 Å². The highest BCUT2D eigenvalue weighted by molar-refractivity contribution is 5.69. The summed E-state index contributed by atoms with van der Waals surface area (Å²) in [4.78, 5) is 11.3. The SMILES string of the molecule is CCC(=O)OC[C@]1(C)C(C)=C1[C@@H](C)c1ccccc1. The monoisotopic (exact) mass is 258 g/mol. The number of rotatable bonds is 5. The van der Waals surface area contributed by atoms with Crippen molar-refractivity contribution in [3.63, 3.8) is 0 Å². The molecule has 2 nitrogen and oxygen atoms in total. The fourth-order valence-electron chi connectivity index (χ4n) is 2.84. The number of carbonyl (C=O) groups is 1. The standard InChI is InChI=1S/C17H22O2/c1-5-15(18)19-11-17(4)13(3)16(17)12(2)14-9-7-6-8-10-14/h6-10,12H,5,11H2,1-4H3/t12-,17+/m0/s1. The largest absolute Gasteiger partial charge is 0.464 e. The zero-order chi connectivity index (χ0) is 14.0. The van der Waals surface area contributed by atoms with Gasteiger partial charge in [-0.3, -0.25) is 4.79 Å². The first-order chi connectivity index (χ1) is 9.00. The summed E-state index contributed by atoms with van der Waals surface area (Å²) in [5, 5.41) is 0. The number of ether oxygens (including phenoxy) is 1. The van der Waals surface area contributed by atoms with E-state index < -0.39 is 0 Å². The number of hydrogen-bond donors (Lipinski definition) is 0. The highest BCUT2D eigenvalue weighted by atomic mass is 16.5. The van der Waals surface area contributed by atoms with E-state index >= 15 is 0 Å². The molecule has 0 radical (unpaired) electrons. The molecule has 0 amide bonds. The van der Waals surface area contributed by atoms with E-state index in [0.717, 1.165) is 0 Å². The Morgan fingerprint density at radius 3 is 2.53 bits per heavy atom. The molecule has 1 aromatic carbocycles. The van der Waals surface area contributed by atoms with Gasteiger partial charge in [-0.05, 0) is 25.0 Å². The molecule has 0 heterocycles. The molecule has 102 valence electrons. The summed E-state index contributed by atoms with van der Waals surface area (Å²) in [6, 6.07) is 10.5. The van der Waals surface area contributed by atoms with Gasteiger partial charge in [-0.25, -0.2) is 0 Å². The highest BCUT2D eigenvalue weighted by Crippen LogP contribution is 2.58. The molecule has 1 aliphatic carbocycles. The van der Waals surface area contributed by atoms with Crippen molar-refractivity contribution in [2.45, 2.75) is 40.0 Å². The number of benzene rings is 1. The van der Waals surface area contributed by atoms with Crippen LogP contribution in [0.2, 0.25) is 0 Å². The second-order valence-corrected chi connectivity index (χ2v) is 5.52. The van der Waals surface area contributed by atoms with E-state index in [1.165, 1.54) is 16.7 Å². The van der Waals surface area contributed by atoms with E-state index in [0.29, 0.717) is 18.9 Å². The van der Waals surface area contributed by atoms with Crippen LogP contribution in [0.25, 0.3) is 0 Å². The lowest BCUT2D eigenvalue weighted by Crippen LogP contribution is -2.16. The van der Waals surface area contributed by atoms with Crippen molar-refractivity contribution in [2.24, 2.45) is 5.41 Å². The van der Waals surface area contributed by atoms with Gasteiger partial charge in [-0.2, -0.15) is 0 Å². The van der Waals surface area contributed by atoms with E-state index in [1.54, 1.807) is 0 Å². The molecular weight excluding hydrogens is 236 g/mol. The third kappa shape index (κ3) is 2.58. The van der Waals surface area contributed by atoms with Gasteiger partial charge in [0.05, 0.1) is 0 Å². The zero-order valence-corrected chi connectivity index (χ0v) is 12.2. The van der Waals surface area contributed by atoms with Crippen LogP contribution in [0.1, 0.15) is 45.6 Å². The first-order valence-electron chi connectivity index (χ1n) is 6.93. The van der Waals surface area contributed by atoms with E-state index in [1.807, 2.05) is 13.0 Å². The van der Waals surface area contributed by atoms with Crippen molar-refractivity contribution < 1.29 is 9.53 Å². The Hall–Kier alpha value is -1.57. The maximum absolute atomic E-state index is 11.3. The summed E-state index contributed by atoms with van der Waals surface area (Å²) in [6.45, 7) is 8.85. The van der Waals surface area contributed by atoms with Gasteiger partial charge in [0, 0.05) is 17.8 Å². The van der Waals surface area contributed by atoms with Gasteiger partial charge in [0.2, 0.25) is 0 Å². The summed E-state index contributed by atoms with van der Waals surface area (Å²) in [7, 11) is 0. The summed E-state index contributed by atoms with van der Waals surface area (Å²) in [5.74, 6) is 0.277. The molecule has 0 saturated carbocycles. The lowest BCUT2D eigenvalue weighted by atomic mass is 9.91. The fraction of sp³-hybridized carbons (Fsp3) is 0.471. The van der Waals surface area contributed by atoms with Crippen LogP contribution in [-0.2, 0) is 9.53 Å². The average molecular weight is 258 g/mol. The van der Waals surface area contributed by atoms with Crippen LogP contribution in [0.3, 0.4) is 0 Å². The van der Waals surface area contributed by atoms with Crippen molar-refractivity contribution in [1.29, 1.82) is 0 Å². The predicted octanol–water partition coefficient (Wildman–Crippen LogP) is 4.08. The minimum Gasteiger partial charge on any atom is -0.464 e. The molecule has 2 heteroatoms. The van der Waals surface area contributed by atoms with Crippen molar-refractivity contribution in [1.82, 2.24) is 0 Å². The maximum Gasteiger partial charge on any atom is 0.305 e. The predicted molar refractivity (Wildman–Crippen MR) is 76.9 cm³/mol. The molecular formula is C17H22O2. The van der Waals surface area contributed by atoms with Crippen molar-refractivity contribution in [3.05, 3.63) is 47.0 Å². The lowest BCUT2D eigenvalue weighted by molar-refractivity contribution is -0.144. The van der Waals surface area contributed by atoms with Crippen LogP contribution in [-0.4, -0.2) is 12.6 Å². The van der Waals surface area contributed by atoms with Crippen LogP contribution in [0.4, 0.5) is 0 Å². The summed E-state index contributed by atoms with van der Waals surface area (Å²) in [5.41, 5.74) is 4.08. The molecule has 0 fully saturated rings. The molecule has 19 heavy (non-hydrogen) atoms. The minimum atomic E-state index is -0.118.